The van der Waals surface area contributed by atoms with Crippen LogP contribution in [0.25, 0.3) is 11.0 Å². The maximum atomic E-state index is 6.47. The number of nitrogen functional groups attached to an aromatic ring is 1. The van der Waals surface area contributed by atoms with Crippen molar-refractivity contribution >= 4 is 17.0 Å². The van der Waals surface area contributed by atoms with E-state index < -0.39 is 0 Å². The van der Waals surface area contributed by atoms with Crippen molar-refractivity contribution in [1.82, 2.24) is 4.57 Å². The molecule has 0 amide bonds. The fourth-order valence-electron chi connectivity index (χ4n) is 3.00. The Bertz CT molecular complexity index is 750. The standard InChI is InChI=1S/C19H23N3.BrH/c1-2-3-9-14-21-17-12-7-8-13-18(17)22(19(21)20)15-16-10-5-4-6-11-16;/h4-8,10-13,20H,2-3,9,14-15H2,1H3;1H. The van der Waals surface area contributed by atoms with Crippen LogP contribution in [0.4, 0.5) is 5.95 Å². The summed E-state index contributed by atoms with van der Waals surface area (Å²) in [5.74, 6) is 0.848. The van der Waals surface area contributed by atoms with E-state index in [1.165, 1.54) is 35.9 Å². The predicted molar refractivity (Wildman–Crippen MR) is 91.6 cm³/mol. The Kier molecular flexibility index (Phi) is 6.22. The number of anilines is 1. The van der Waals surface area contributed by atoms with Gasteiger partial charge in [-0.1, -0.05) is 62.2 Å². The Morgan fingerprint density at radius 2 is 1.65 bits per heavy atom. The molecule has 1 heterocycles. The van der Waals surface area contributed by atoms with Gasteiger partial charge in [0.25, 0.3) is 0 Å². The van der Waals surface area contributed by atoms with E-state index >= 15 is 0 Å². The summed E-state index contributed by atoms with van der Waals surface area (Å²) in [5.41, 5.74) is 10.2. The van der Waals surface area contributed by atoms with Crippen molar-refractivity contribution in [2.45, 2.75) is 39.3 Å². The van der Waals surface area contributed by atoms with Gasteiger partial charge in [0.2, 0.25) is 0 Å². The van der Waals surface area contributed by atoms with Crippen molar-refractivity contribution in [3.63, 3.8) is 0 Å². The van der Waals surface area contributed by atoms with Gasteiger partial charge in [-0.3, -0.25) is 5.73 Å². The van der Waals surface area contributed by atoms with Gasteiger partial charge >= 0.3 is 5.95 Å². The van der Waals surface area contributed by atoms with E-state index in [1.54, 1.807) is 0 Å². The van der Waals surface area contributed by atoms with Crippen LogP contribution in [0.1, 0.15) is 31.7 Å². The molecule has 0 aliphatic heterocycles. The molecule has 0 bridgehead atoms. The van der Waals surface area contributed by atoms with E-state index in [-0.39, 0.29) is 17.0 Å². The van der Waals surface area contributed by atoms with Crippen LogP contribution in [0.5, 0.6) is 0 Å². The summed E-state index contributed by atoms with van der Waals surface area (Å²) in [6.45, 7) is 4.03. The number of rotatable bonds is 6. The zero-order chi connectivity index (χ0) is 15.4. The topological polar surface area (TPSA) is 34.8 Å². The number of halogens is 1. The minimum Gasteiger partial charge on any atom is -1.00 e. The van der Waals surface area contributed by atoms with E-state index in [0.717, 1.165) is 19.0 Å². The highest BCUT2D eigenvalue weighted by atomic mass is 79.9. The first-order valence-corrected chi connectivity index (χ1v) is 8.11. The third kappa shape index (κ3) is 3.75. The van der Waals surface area contributed by atoms with Crippen molar-refractivity contribution in [3.05, 3.63) is 60.2 Å². The third-order valence-corrected chi connectivity index (χ3v) is 4.19. The molecule has 3 nitrogen and oxygen atoms in total. The number of benzene rings is 2. The maximum absolute atomic E-state index is 6.47. The molecule has 122 valence electrons. The summed E-state index contributed by atoms with van der Waals surface area (Å²) in [4.78, 5) is 0. The molecule has 0 saturated carbocycles. The first-order chi connectivity index (χ1) is 10.8. The molecule has 0 radical (unpaired) electrons. The zero-order valence-corrected chi connectivity index (χ0v) is 15.2. The van der Waals surface area contributed by atoms with Crippen LogP contribution in [0, 0.1) is 0 Å². The molecular formula is C19H24BrN3. The lowest BCUT2D eigenvalue weighted by Crippen LogP contribution is -3.00. The second-order valence-corrected chi connectivity index (χ2v) is 5.78. The predicted octanol–water partition coefficient (Wildman–Crippen LogP) is 0.754. The number of hydrogen-bond acceptors (Lipinski definition) is 1. The molecule has 23 heavy (non-hydrogen) atoms. The molecule has 0 saturated heterocycles. The van der Waals surface area contributed by atoms with E-state index in [4.69, 9.17) is 5.73 Å². The number of unbranched alkanes of at least 4 members (excludes halogenated alkanes) is 2. The quantitative estimate of drug-likeness (QED) is 0.502. The van der Waals surface area contributed by atoms with Crippen LogP contribution in [0.15, 0.2) is 54.6 Å². The lowest BCUT2D eigenvalue weighted by atomic mass is 10.2. The number of aromatic nitrogens is 2. The van der Waals surface area contributed by atoms with Crippen LogP contribution in [-0.4, -0.2) is 4.57 Å². The van der Waals surface area contributed by atoms with E-state index in [2.05, 4.69) is 64.6 Å². The number of aryl methyl sites for hydroxylation is 1. The molecule has 2 aromatic carbocycles. The van der Waals surface area contributed by atoms with E-state index in [9.17, 15) is 0 Å². The van der Waals surface area contributed by atoms with Gasteiger partial charge in [-0.15, -0.1) is 0 Å². The molecule has 0 spiro atoms. The summed E-state index contributed by atoms with van der Waals surface area (Å²) in [6, 6.07) is 19.0. The lowest BCUT2D eigenvalue weighted by molar-refractivity contribution is -0.648. The first kappa shape index (κ1) is 17.5. The zero-order valence-electron chi connectivity index (χ0n) is 13.6. The Labute approximate surface area is 148 Å². The Morgan fingerprint density at radius 1 is 0.957 bits per heavy atom. The average Bonchev–Trinajstić information content (AvgIpc) is 2.82. The fraction of sp³-hybridized carbons (Fsp3) is 0.316. The van der Waals surface area contributed by atoms with Crippen molar-refractivity contribution in [3.8, 4) is 0 Å². The highest BCUT2D eigenvalue weighted by molar-refractivity contribution is 5.73. The molecule has 4 heteroatoms. The van der Waals surface area contributed by atoms with Gasteiger partial charge in [0.05, 0.1) is 13.1 Å². The molecular weight excluding hydrogens is 350 g/mol. The van der Waals surface area contributed by atoms with Crippen molar-refractivity contribution < 1.29 is 21.5 Å². The van der Waals surface area contributed by atoms with Gasteiger partial charge in [-0.25, -0.2) is 9.13 Å². The molecule has 3 aromatic rings. The number of nitrogens with two attached hydrogens (primary N) is 1. The molecule has 0 aliphatic carbocycles. The lowest BCUT2D eigenvalue weighted by Gasteiger charge is -2.02. The third-order valence-electron chi connectivity index (χ3n) is 4.19. The summed E-state index contributed by atoms with van der Waals surface area (Å²) in [7, 11) is 0. The maximum Gasteiger partial charge on any atom is 0.356 e. The van der Waals surface area contributed by atoms with Gasteiger partial charge in [-0.2, -0.15) is 0 Å². The molecule has 0 aliphatic rings. The van der Waals surface area contributed by atoms with E-state index in [1.807, 2.05) is 6.07 Å². The number of nitrogens with zero attached hydrogens (tertiary/aromatic N) is 2. The van der Waals surface area contributed by atoms with Crippen molar-refractivity contribution in [2.75, 3.05) is 5.73 Å². The molecule has 3 rings (SSSR count). The highest BCUT2D eigenvalue weighted by Crippen LogP contribution is 2.18. The summed E-state index contributed by atoms with van der Waals surface area (Å²) < 4.78 is 4.48. The fourth-order valence-corrected chi connectivity index (χ4v) is 3.00. The van der Waals surface area contributed by atoms with Crippen LogP contribution in [-0.2, 0) is 13.1 Å². The van der Waals surface area contributed by atoms with Crippen molar-refractivity contribution in [1.29, 1.82) is 0 Å². The molecule has 2 N–H and O–H groups in total. The van der Waals surface area contributed by atoms with Crippen LogP contribution >= 0.6 is 0 Å². The van der Waals surface area contributed by atoms with Crippen molar-refractivity contribution in [2.24, 2.45) is 0 Å². The minimum atomic E-state index is 0. The summed E-state index contributed by atoms with van der Waals surface area (Å²) in [5, 5.41) is 0. The number of imidazole rings is 1. The van der Waals surface area contributed by atoms with Gasteiger partial charge < -0.3 is 17.0 Å². The number of fused-ring (bicyclic) bond motifs is 1. The monoisotopic (exact) mass is 373 g/mol. The highest BCUT2D eigenvalue weighted by Gasteiger charge is 2.20. The van der Waals surface area contributed by atoms with Gasteiger partial charge in [0.15, 0.2) is 0 Å². The Hall–Kier alpha value is -1.81. The summed E-state index contributed by atoms with van der Waals surface area (Å²) in [6.07, 6.45) is 3.64. The van der Waals surface area contributed by atoms with Crippen LogP contribution in [0.3, 0.4) is 0 Å². The minimum absolute atomic E-state index is 0. The number of hydrogen-bond donors (Lipinski definition) is 1. The molecule has 0 fully saturated rings. The Morgan fingerprint density at radius 3 is 2.39 bits per heavy atom. The van der Waals surface area contributed by atoms with Gasteiger partial charge in [-0.05, 0) is 24.1 Å². The largest absolute Gasteiger partial charge is 1.00 e. The molecule has 1 aromatic heterocycles. The molecule has 0 atom stereocenters. The normalized spacial score (nSPS) is 10.7. The Balaban J connectivity index is 0.00000192. The number of para-hydroxylation sites is 2. The van der Waals surface area contributed by atoms with Crippen LogP contribution in [0.2, 0.25) is 0 Å². The average molecular weight is 374 g/mol. The van der Waals surface area contributed by atoms with Gasteiger partial charge in [0.1, 0.15) is 11.0 Å². The molecule has 0 unspecified atom stereocenters. The smallest absolute Gasteiger partial charge is 0.356 e. The second kappa shape index (κ2) is 8.16. The first-order valence-electron chi connectivity index (χ1n) is 8.11. The summed E-state index contributed by atoms with van der Waals surface area (Å²) >= 11 is 0. The van der Waals surface area contributed by atoms with Gasteiger partial charge in [0, 0.05) is 0 Å². The van der Waals surface area contributed by atoms with E-state index in [0.29, 0.717) is 0 Å². The second-order valence-electron chi connectivity index (χ2n) is 5.78. The van der Waals surface area contributed by atoms with Crippen LogP contribution < -0.4 is 27.3 Å². The SMILES string of the molecule is CCCCCn1c(N)[n+](Cc2ccccc2)c2ccccc21.[Br-].